The lowest BCUT2D eigenvalue weighted by Crippen LogP contribution is -2.58. The number of methoxy groups -OCH3 is 1. The van der Waals surface area contributed by atoms with E-state index in [9.17, 15) is 22.8 Å². The standard InChI is InChI=1S/C11H16F3NO5/c1-5-9(20-6(2)16)7(4-8(18-3)19-5)15-10(17)11(12,13)14/h5,7-9H,4H2,1-3H3,(H,15,17). The van der Waals surface area contributed by atoms with Crippen molar-refractivity contribution in [3.63, 3.8) is 0 Å². The third kappa shape index (κ3) is 4.34. The second-order valence-corrected chi connectivity index (χ2v) is 4.39. The van der Waals surface area contributed by atoms with Gasteiger partial charge in [0.1, 0.15) is 6.10 Å². The summed E-state index contributed by atoms with van der Waals surface area (Å²) in [6.45, 7) is 2.64. The van der Waals surface area contributed by atoms with E-state index in [2.05, 4.69) is 0 Å². The highest BCUT2D eigenvalue weighted by Crippen LogP contribution is 2.25. The lowest BCUT2D eigenvalue weighted by atomic mass is 9.99. The van der Waals surface area contributed by atoms with Crippen LogP contribution in [0.2, 0.25) is 0 Å². The van der Waals surface area contributed by atoms with Crippen LogP contribution < -0.4 is 5.32 Å². The second kappa shape index (κ2) is 6.40. The van der Waals surface area contributed by atoms with Crippen LogP contribution in [0, 0.1) is 0 Å². The van der Waals surface area contributed by atoms with Crippen molar-refractivity contribution in [1.29, 1.82) is 0 Å². The predicted octanol–water partition coefficient (Wildman–Crippen LogP) is 0.746. The molecule has 0 aromatic carbocycles. The second-order valence-electron chi connectivity index (χ2n) is 4.39. The summed E-state index contributed by atoms with van der Waals surface area (Å²) in [4.78, 5) is 22.0. The number of amides is 1. The molecule has 1 amide bonds. The number of hydrogen-bond acceptors (Lipinski definition) is 5. The summed E-state index contributed by atoms with van der Waals surface area (Å²) in [5.41, 5.74) is 0. The van der Waals surface area contributed by atoms with Gasteiger partial charge in [0.2, 0.25) is 0 Å². The monoisotopic (exact) mass is 299 g/mol. The van der Waals surface area contributed by atoms with Gasteiger partial charge in [-0.1, -0.05) is 0 Å². The van der Waals surface area contributed by atoms with E-state index in [0.29, 0.717) is 0 Å². The lowest BCUT2D eigenvalue weighted by Gasteiger charge is -2.39. The Morgan fingerprint density at radius 3 is 2.40 bits per heavy atom. The van der Waals surface area contributed by atoms with Crippen molar-refractivity contribution >= 4 is 11.9 Å². The maximum Gasteiger partial charge on any atom is 0.471 e. The molecule has 9 heteroatoms. The van der Waals surface area contributed by atoms with E-state index in [1.165, 1.54) is 14.0 Å². The zero-order valence-electron chi connectivity index (χ0n) is 11.2. The molecule has 4 atom stereocenters. The summed E-state index contributed by atoms with van der Waals surface area (Å²) in [5, 5.41) is 1.81. The van der Waals surface area contributed by atoms with Crippen molar-refractivity contribution in [3.05, 3.63) is 0 Å². The molecule has 1 N–H and O–H groups in total. The SMILES string of the molecule is COC1CC(NC(=O)C(F)(F)F)C(OC(C)=O)C(C)O1. The first kappa shape index (κ1) is 16.7. The molecule has 0 spiro atoms. The number of halogens is 3. The minimum absolute atomic E-state index is 0.0550. The molecule has 6 nitrogen and oxygen atoms in total. The normalized spacial score (nSPS) is 30.7. The average molecular weight is 299 g/mol. The zero-order chi connectivity index (χ0) is 15.5. The highest BCUT2D eigenvalue weighted by Gasteiger charge is 2.45. The van der Waals surface area contributed by atoms with Crippen molar-refractivity contribution in [3.8, 4) is 0 Å². The minimum Gasteiger partial charge on any atom is -0.458 e. The molecule has 1 saturated heterocycles. The van der Waals surface area contributed by atoms with Gasteiger partial charge in [0, 0.05) is 20.5 Å². The van der Waals surface area contributed by atoms with Gasteiger partial charge < -0.3 is 19.5 Å². The van der Waals surface area contributed by atoms with Crippen LogP contribution in [-0.4, -0.2) is 49.7 Å². The van der Waals surface area contributed by atoms with Gasteiger partial charge in [-0.05, 0) is 6.92 Å². The average Bonchev–Trinajstić information content (AvgIpc) is 2.31. The molecule has 1 fully saturated rings. The maximum absolute atomic E-state index is 12.3. The van der Waals surface area contributed by atoms with Crippen LogP contribution in [0.15, 0.2) is 0 Å². The van der Waals surface area contributed by atoms with Crippen LogP contribution in [0.5, 0.6) is 0 Å². The first-order valence-electron chi connectivity index (χ1n) is 5.88. The number of esters is 1. The molecule has 1 aliphatic rings. The molecule has 0 aliphatic carbocycles. The fourth-order valence-corrected chi connectivity index (χ4v) is 1.95. The first-order chi connectivity index (χ1) is 9.15. The Balaban J connectivity index is 2.83. The zero-order valence-corrected chi connectivity index (χ0v) is 11.2. The third-order valence-corrected chi connectivity index (χ3v) is 2.81. The van der Waals surface area contributed by atoms with Gasteiger partial charge in [-0.25, -0.2) is 0 Å². The predicted molar refractivity (Wildman–Crippen MR) is 59.5 cm³/mol. The number of carbonyl (C=O) groups is 2. The Morgan fingerprint density at radius 1 is 1.35 bits per heavy atom. The molecule has 0 aromatic rings. The van der Waals surface area contributed by atoms with Gasteiger partial charge in [-0.2, -0.15) is 13.2 Å². The number of rotatable bonds is 3. The Kier molecular flexibility index (Phi) is 5.35. The van der Waals surface area contributed by atoms with E-state index >= 15 is 0 Å². The summed E-state index contributed by atoms with van der Waals surface area (Å²) < 4.78 is 52.0. The van der Waals surface area contributed by atoms with Crippen LogP contribution in [-0.2, 0) is 23.8 Å². The lowest BCUT2D eigenvalue weighted by molar-refractivity contribution is -0.226. The Bertz CT molecular complexity index is 374. The topological polar surface area (TPSA) is 73.9 Å². The Labute approximate surface area is 113 Å². The number of nitrogens with one attached hydrogen (secondary N) is 1. The maximum atomic E-state index is 12.3. The molecule has 4 unspecified atom stereocenters. The highest BCUT2D eigenvalue weighted by molar-refractivity contribution is 5.82. The van der Waals surface area contributed by atoms with E-state index in [-0.39, 0.29) is 6.42 Å². The molecule has 0 aromatic heterocycles. The van der Waals surface area contributed by atoms with Crippen LogP contribution in [0.4, 0.5) is 13.2 Å². The number of hydrogen-bond donors (Lipinski definition) is 1. The van der Waals surface area contributed by atoms with Crippen LogP contribution in [0.25, 0.3) is 0 Å². The summed E-state index contributed by atoms with van der Waals surface area (Å²) in [7, 11) is 1.33. The van der Waals surface area contributed by atoms with E-state index < -0.39 is 42.6 Å². The van der Waals surface area contributed by atoms with Crippen LogP contribution >= 0.6 is 0 Å². The van der Waals surface area contributed by atoms with Crippen molar-refractivity contribution in [1.82, 2.24) is 5.32 Å². The number of ether oxygens (including phenoxy) is 3. The van der Waals surface area contributed by atoms with Gasteiger partial charge in [0.05, 0.1) is 12.1 Å². The summed E-state index contributed by atoms with van der Waals surface area (Å²) in [6.07, 6.45) is -7.57. The smallest absolute Gasteiger partial charge is 0.458 e. The first-order valence-corrected chi connectivity index (χ1v) is 5.88. The molecular formula is C11H16F3NO5. The molecule has 1 aliphatic heterocycles. The molecule has 0 radical (unpaired) electrons. The summed E-state index contributed by atoms with van der Waals surface area (Å²) >= 11 is 0. The van der Waals surface area contributed by atoms with Gasteiger partial charge >= 0.3 is 18.1 Å². The van der Waals surface area contributed by atoms with E-state index in [1.54, 1.807) is 0 Å². The van der Waals surface area contributed by atoms with Gasteiger partial charge in [0.25, 0.3) is 0 Å². The number of alkyl halides is 3. The van der Waals surface area contributed by atoms with E-state index in [4.69, 9.17) is 14.2 Å². The highest BCUT2D eigenvalue weighted by atomic mass is 19.4. The molecule has 0 bridgehead atoms. The van der Waals surface area contributed by atoms with E-state index in [0.717, 1.165) is 6.92 Å². The number of carbonyl (C=O) groups excluding carboxylic acids is 2. The molecular weight excluding hydrogens is 283 g/mol. The van der Waals surface area contributed by atoms with E-state index in [1.807, 2.05) is 5.32 Å². The molecule has 1 heterocycles. The Morgan fingerprint density at radius 2 is 1.95 bits per heavy atom. The molecule has 116 valence electrons. The van der Waals surface area contributed by atoms with Crippen molar-refractivity contribution in [2.45, 2.75) is 51.0 Å². The van der Waals surface area contributed by atoms with Gasteiger partial charge in [-0.3, -0.25) is 9.59 Å². The molecule has 0 saturated carbocycles. The van der Waals surface area contributed by atoms with Gasteiger partial charge in [0.15, 0.2) is 6.29 Å². The van der Waals surface area contributed by atoms with Crippen LogP contribution in [0.1, 0.15) is 20.3 Å². The van der Waals surface area contributed by atoms with Crippen molar-refractivity contribution in [2.75, 3.05) is 7.11 Å². The van der Waals surface area contributed by atoms with Gasteiger partial charge in [-0.15, -0.1) is 0 Å². The summed E-state index contributed by atoms with van der Waals surface area (Å²) in [5.74, 6) is -2.77. The van der Waals surface area contributed by atoms with Crippen molar-refractivity contribution in [2.24, 2.45) is 0 Å². The Hall–Kier alpha value is -1.35. The third-order valence-electron chi connectivity index (χ3n) is 2.81. The molecule has 1 rings (SSSR count). The fraction of sp³-hybridized carbons (Fsp3) is 0.818. The van der Waals surface area contributed by atoms with Crippen molar-refractivity contribution < 1.29 is 37.0 Å². The molecule has 20 heavy (non-hydrogen) atoms. The quantitative estimate of drug-likeness (QED) is 0.778. The van der Waals surface area contributed by atoms with Crippen LogP contribution in [0.3, 0.4) is 0 Å². The largest absolute Gasteiger partial charge is 0.471 e. The minimum atomic E-state index is -5.01. The fourth-order valence-electron chi connectivity index (χ4n) is 1.95. The summed E-state index contributed by atoms with van der Waals surface area (Å²) in [6, 6.07) is -1.04.